The minimum absolute atomic E-state index is 0.0484. The summed E-state index contributed by atoms with van der Waals surface area (Å²) in [4.78, 5) is 121. The number of benzene rings is 2. The number of hydrogen-bond acceptors (Lipinski definition) is 13. The van der Waals surface area contributed by atoms with E-state index in [4.69, 9.17) is 9.72 Å². The maximum absolute atomic E-state index is 15.4. The van der Waals surface area contributed by atoms with Gasteiger partial charge in [-0.2, -0.15) is 0 Å². The molecule has 5 heterocycles. The largest absolute Gasteiger partial charge is 0.383 e. The van der Waals surface area contributed by atoms with E-state index in [1.54, 1.807) is 47.9 Å². The van der Waals surface area contributed by atoms with E-state index in [1.165, 1.54) is 30.0 Å². The van der Waals surface area contributed by atoms with Gasteiger partial charge in [-0.1, -0.05) is 43.7 Å². The molecule has 396 valence electrons. The monoisotopic (exact) mass is 1050 g/mol. The van der Waals surface area contributed by atoms with Crippen LogP contribution < -0.4 is 37.5 Å². The number of nitrogens with one attached hydrogen (secondary N) is 6. The molecule has 0 unspecified atom stereocenters. The van der Waals surface area contributed by atoms with Gasteiger partial charge in [0.25, 0.3) is 17.4 Å². The van der Waals surface area contributed by atoms with Crippen LogP contribution in [0.15, 0.2) is 59.4 Å². The van der Waals surface area contributed by atoms with Crippen molar-refractivity contribution < 1.29 is 52.6 Å². The van der Waals surface area contributed by atoms with Crippen LogP contribution in [-0.4, -0.2) is 117 Å². The number of amides is 8. The fourth-order valence-electron chi connectivity index (χ4n) is 9.92. The molecule has 8 amide bonds. The van der Waals surface area contributed by atoms with E-state index in [2.05, 4.69) is 31.9 Å². The molecule has 0 saturated heterocycles. The lowest BCUT2D eigenvalue weighted by atomic mass is 9.81. The van der Waals surface area contributed by atoms with Crippen molar-refractivity contribution in [3.8, 4) is 11.4 Å². The van der Waals surface area contributed by atoms with E-state index in [0.717, 1.165) is 32.5 Å². The Bertz CT molecular complexity index is 3020. The number of imide groups is 1. The Kier molecular flexibility index (Phi) is 17.2. The summed E-state index contributed by atoms with van der Waals surface area (Å²) in [5.41, 5.74) is 4.29. The number of aryl methyl sites for hydroxylation is 1. The first kappa shape index (κ1) is 54.0. The van der Waals surface area contributed by atoms with Crippen molar-refractivity contribution in [1.29, 1.82) is 0 Å². The zero-order chi connectivity index (χ0) is 53.4. The highest BCUT2D eigenvalue weighted by molar-refractivity contribution is 7.99. The maximum atomic E-state index is 15.4. The molecule has 4 aliphatic rings. The summed E-state index contributed by atoms with van der Waals surface area (Å²) in [7, 11) is 0. The number of ether oxygens (including phenoxy) is 1. The third-order valence-electron chi connectivity index (χ3n) is 14.0. The molecule has 2 aromatic heterocycles. The van der Waals surface area contributed by atoms with Crippen molar-refractivity contribution in [2.45, 2.75) is 102 Å². The van der Waals surface area contributed by atoms with Gasteiger partial charge < -0.3 is 46.3 Å². The van der Waals surface area contributed by atoms with Gasteiger partial charge in [0.15, 0.2) is 0 Å². The highest BCUT2D eigenvalue weighted by Crippen LogP contribution is 2.46. The number of hydrogen-bond donors (Lipinski definition) is 7. The van der Waals surface area contributed by atoms with E-state index < -0.39 is 60.2 Å². The lowest BCUT2D eigenvalue weighted by molar-refractivity contribution is -0.137. The third-order valence-corrected chi connectivity index (χ3v) is 14.9. The first-order valence-electron chi connectivity index (χ1n) is 25.1. The van der Waals surface area contributed by atoms with Crippen molar-refractivity contribution in [3.05, 3.63) is 110 Å². The third kappa shape index (κ3) is 12.5. The Morgan fingerprint density at radius 1 is 0.867 bits per heavy atom. The van der Waals surface area contributed by atoms with Crippen LogP contribution in [0.4, 0.5) is 4.39 Å². The average molecular weight is 1050 g/mol. The molecule has 0 saturated carbocycles. The predicted molar refractivity (Wildman–Crippen MR) is 274 cm³/mol. The molecule has 1 aliphatic carbocycles. The highest BCUT2D eigenvalue weighted by Gasteiger charge is 2.40. The van der Waals surface area contributed by atoms with Crippen LogP contribution in [0.5, 0.6) is 0 Å². The molecule has 75 heavy (non-hydrogen) atoms. The fraction of sp³-hybridized carbons (Fsp3) is 0.434. The summed E-state index contributed by atoms with van der Waals surface area (Å²) in [5, 5.41) is 28.1. The molecule has 22 heteroatoms. The highest BCUT2D eigenvalue weighted by atomic mass is 32.2. The molecule has 7 N–H and O–H groups in total. The lowest BCUT2D eigenvalue weighted by Crippen LogP contribution is -2.52. The number of aliphatic hydroxyl groups is 1. The van der Waals surface area contributed by atoms with Crippen molar-refractivity contribution in [2.75, 3.05) is 44.4 Å². The number of nitrogens with zero attached hydrogens (tertiary/aromatic N) is 3. The molecular formula is C53H60FN9O11S. The zero-order valence-corrected chi connectivity index (χ0v) is 42.6. The van der Waals surface area contributed by atoms with Crippen LogP contribution in [-0.2, 0) is 74.7 Å². The Morgan fingerprint density at radius 3 is 2.35 bits per heavy atom. The topological polar surface area (TPSA) is 276 Å². The SMILES string of the molecule is CC[C@@]1(O)COCc2c1cc1n(c2=O)Cc2c-1nc1cc(F)c(C)c3c1c2[C@@H](NC(=O)CCSCNC(=O)CNC(=O)[C@H](Cc1ccccc1)NC(=O)CNC(=O)CNC(=O)CCCCCN1C(=O)C=CC1=O)CC3. The van der Waals surface area contributed by atoms with Gasteiger partial charge in [0.1, 0.15) is 17.5 Å². The van der Waals surface area contributed by atoms with Gasteiger partial charge in [-0.05, 0) is 72.9 Å². The molecule has 3 aliphatic heterocycles. The molecule has 2 aromatic carbocycles. The van der Waals surface area contributed by atoms with Gasteiger partial charge in [-0.15, -0.1) is 11.8 Å². The van der Waals surface area contributed by atoms with Crippen molar-refractivity contribution in [3.63, 3.8) is 0 Å². The standard InChI is InChI=1S/C53H60FN9O11S/c1-3-53(73)28-74-27-34-35(53)21-40-50-33(26-63(40)52(34)72)49-37(14-13-32-30(2)36(54)22-38(61-50)48(32)49)59-42(65)17-19-75-29-58-44(67)24-57-51(71)39(20-31-10-6-4-7-11-31)60-45(68)25-56-43(66)23-55-41(64)12-8-5-9-18-62-46(69)15-16-47(62)70/h4,6-7,10-11,15-16,21-22,37,39,73H,3,5,8-9,12-14,17-20,23-29H2,1-2H3,(H,55,64)(H,56,66)(H,57,71)(H,58,67)(H,59,65)(H,60,68)/t37-,39-,53+/m0/s1. The van der Waals surface area contributed by atoms with Crippen LogP contribution in [0, 0.1) is 12.7 Å². The Labute approximate surface area is 435 Å². The summed E-state index contributed by atoms with van der Waals surface area (Å²) >= 11 is 1.30. The molecule has 0 radical (unpaired) electrons. The molecule has 0 fully saturated rings. The van der Waals surface area contributed by atoms with Gasteiger partial charge in [0, 0.05) is 66.3 Å². The van der Waals surface area contributed by atoms with Crippen LogP contribution in [0.25, 0.3) is 22.3 Å². The molecule has 8 rings (SSSR count). The van der Waals surface area contributed by atoms with E-state index in [-0.39, 0.29) is 87.2 Å². The zero-order valence-electron chi connectivity index (χ0n) is 41.7. The second-order valence-electron chi connectivity index (χ2n) is 19.0. The van der Waals surface area contributed by atoms with Crippen molar-refractivity contribution in [2.24, 2.45) is 0 Å². The van der Waals surface area contributed by atoms with Crippen LogP contribution in [0.2, 0.25) is 0 Å². The first-order chi connectivity index (χ1) is 36.0. The number of carbonyl (C=O) groups excluding carboxylic acids is 8. The summed E-state index contributed by atoms with van der Waals surface area (Å²) in [6.07, 6.45) is 5.64. The minimum Gasteiger partial charge on any atom is -0.383 e. The number of thioether (sulfide) groups is 1. The molecule has 3 atom stereocenters. The predicted octanol–water partition coefficient (Wildman–Crippen LogP) is 1.86. The van der Waals surface area contributed by atoms with Gasteiger partial charge in [0.05, 0.1) is 68.2 Å². The van der Waals surface area contributed by atoms with E-state index in [0.29, 0.717) is 77.9 Å². The average Bonchev–Trinajstić information content (AvgIpc) is 3.93. The Hall–Kier alpha value is -7.30. The van der Waals surface area contributed by atoms with Crippen LogP contribution >= 0.6 is 11.8 Å². The summed E-state index contributed by atoms with van der Waals surface area (Å²) < 4.78 is 22.6. The first-order valence-corrected chi connectivity index (χ1v) is 26.2. The number of fused-ring (bicyclic) bond motifs is 5. The quantitative estimate of drug-likeness (QED) is 0.0280. The fourth-order valence-corrected chi connectivity index (χ4v) is 10.7. The second kappa shape index (κ2) is 23.9. The van der Waals surface area contributed by atoms with Crippen LogP contribution in [0.1, 0.15) is 96.9 Å². The molecular weight excluding hydrogens is 990 g/mol. The summed E-state index contributed by atoms with van der Waals surface area (Å²) in [6, 6.07) is 10.5. The van der Waals surface area contributed by atoms with Crippen molar-refractivity contribution >= 4 is 69.9 Å². The molecule has 20 nitrogen and oxygen atoms in total. The van der Waals surface area contributed by atoms with E-state index in [1.807, 2.05) is 6.92 Å². The Morgan fingerprint density at radius 2 is 1.59 bits per heavy atom. The van der Waals surface area contributed by atoms with Gasteiger partial charge in [-0.25, -0.2) is 9.37 Å². The maximum Gasteiger partial charge on any atom is 0.257 e. The number of aromatic nitrogens is 2. The number of rotatable bonds is 23. The van der Waals surface area contributed by atoms with Gasteiger partial charge in [-0.3, -0.25) is 48.1 Å². The van der Waals surface area contributed by atoms with E-state index >= 15 is 4.39 Å². The number of unbranched alkanes of at least 4 members (excludes halogenated alkanes) is 2. The smallest absolute Gasteiger partial charge is 0.257 e. The number of halogens is 1. The minimum atomic E-state index is -1.35. The summed E-state index contributed by atoms with van der Waals surface area (Å²) in [6.45, 7) is 2.83. The van der Waals surface area contributed by atoms with Crippen molar-refractivity contribution in [1.82, 2.24) is 46.4 Å². The van der Waals surface area contributed by atoms with Crippen LogP contribution in [0.3, 0.4) is 0 Å². The number of carbonyl (C=O) groups is 8. The molecule has 4 aromatic rings. The van der Waals surface area contributed by atoms with Gasteiger partial charge >= 0.3 is 0 Å². The second-order valence-corrected chi connectivity index (χ2v) is 20.1. The normalized spacial score (nSPS) is 17.4. The van der Waals surface area contributed by atoms with E-state index in [9.17, 15) is 48.3 Å². The molecule has 0 bridgehead atoms. The summed E-state index contributed by atoms with van der Waals surface area (Å²) in [5.74, 6) is -3.74. The molecule has 0 spiro atoms. The lowest BCUT2D eigenvalue weighted by Gasteiger charge is -2.33. The van der Waals surface area contributed by atoms with Gasteiger partial charge in [0.2, 0.25) is 35.4 Å². The number of pyridine rings is 2. The Balaban J connectivity index is 0.781.